The van der Waals surface area contributed by atoms with Crippen molar-refractivity contribution in [3.63, 3.8) is 0 Å². The smallest absolute Gasteiger partial charge is 0.224 e. The van der Waals surface area contributed by atoms with E-state index in [2.05, 4.69) is 48.9 Å². The van der Waals surface area contributed by atoms with Crippen LogP contribution >= 0.6 is 27.3 Å². The van der Waals surface area contributed by atoms with Crippen LogP contribution in [-0.2, 0) is 11.3 Å². The van der Waals surface area contributed by atoms with Crippen LogP contribution in [0.15, 0.2) is 15.9 Å². The molecule has 0 unspecified atom stereocenters. The van der Waals surface area contributed by atoms with E-state index in [1.54, 1.807) is 11.3 Å². The summed E-state index contributed by atoms with van der Waals surface area (Å²) in [5, 5.41) is 5.07. The summed E-state index contributed by atoms with van der Waals surface area (Å²) in [5.41, 5.74) is 0.236. The van der Waals surface area contributed by atoms with Crippen molar-refractivity contribution in [1.82, 2.24) is 5.32 Å². The number of rotatable bonds is 3. The fourth-order valence-corrected chi connectivity index (χ4v) is 3.97. The van der Waals surface area contributed by atoms with Crippen LogP contribution in [0.2, 0.25) is 0 Å². The predicted octanol–water partition coefficient (Wildman–Crippen LogP) is 3.81. The van der Waals surface area contributed by atoms with Gasteiger partial charge in [0.25, 0.3) is 0 Å². The summed E-state index contributed by atoms with van der Waals surface area (Å²) in [5.74, 6) is 0.322. The lowest BCUT2D eigenvalue weighted by Crippen LogP contribution is -2.26. The molecule has 0 aromatic carbocycles. The van der Waals surface area contributed by atoms with Crippen LogP contribution in [0.4, 0.5) is 0 Å². The minimum atomic E-state index is 0.118. The summed E-state index contributed by atoms with van der Waals surface area (Å²) in [6.45, 7) is 9.30. The lowest BCUT2D eigenvalue weighted by molar-refractivity contribution is -0.123. The van der Waals surface area contributed by atoms with Gasteiger partial charge < -0.3 is 5.32 Å². The average Bonchev–Trinajstić information content (AvgIpc) is 2.54. The van der Waals surface area contributed by atoms with Crippen molar-refractivity contribution in [2.24, 2.45) is 16.7 Å². The van der Waals surface area contributed by atoms with E-state index in [4.69, 9.17) is 0 Å². The highest BCUT2D eigenvalue weighted by Gasteiger charge is 2.68. The molecule has 94 valence electrons. The Hall–Kier alpha value is -0.350. The Labute approximate surface area is 115 Å². The first kappa shape index (κ1) is 13.1. The van der Waals surface area contributed by atoms with Crippen LogP contribution in [0.3, 0.4) is 0 Å². The van der Waals surface area contributed by atoms with Gasteiger partial charge in [0.05, 0.1) is 6.54 Å². The number of halogens is 1. The molecule has 0 spiro atoms. The van der Waals surface area contributed by atoms with Gasteiger partial charge in [-0.1, -0.05) is 27.7 Å². The van der Waals surface area contributed by atoms with Crippen LogP contribution in [0.1, 0.15) is 32.6 Å². The first-order valence-electron chi connectivity index (χ1n) is 5.77. The van der Waals surface area contributed by atoms with Gasteiger partial charge in [-0.3, -0.25) is 4.79 Å². The molecule has 1 aliphatic rings. The number of carbonyl (C=O) groups excluding carboxylic acids is 1. The van der Waals surface area contributed by atoms with Gasteiger partial charge in [-0.15, -0.1) is 11.3 Å². The Bertz CT molecular complexity index is 436. The quantitative estimate of drug-likeness (QED) is 0.903. The monoisotopic (exact) mass is 315 g/mol. The van der Waals surface area contributed by atoms with E-state index in [1.165, 1.54) is 4.88 Å². The van der Waals surface area contributed by atoms with Gasteiger partial charge >= 0.3 is 0 Å². The Balaban J connectivity index is 1.92. The molecule has 1 aliphatic carbocycles. The molecule has 1 aromatic rings. The van der Waals surface area contributed by atoms with Gasteiger partial charge in [0, 0.05) is 20.6 Å². The zero-order valence-electron chi connectivity index (χ0n) is 10.6. The van der Waals surface area contributed by atoms with Crippen molar-refractivity contribution >= 4 is 33.2 Å². The number of amides is 1. The first-order valence-corrected chi connectivity index (χ1v) is 7.44. The third-order valence-electron chi connectivity index (χ3n) is 4.34. The van der Waals surface area contributed by atoms with Gasteiger partial charge in [0.15, 0.2) is 0 Å². The minimum absolute atomic E-state index is 0.118. The maximum atomic E-state index is 12.1. The fourth-order valence-electron chi connectivity index (χ4n) is 2.57. The van der Waals surface area contributed by atoms with Gasteiger partial charge in [-0.25, -0.2) is 0 Å². The van der Waals surface area contributed by atoms with Crippen LogP contribution in [0.5, 0.6) is 0 Å². The maximum Gasteiger partial charge on any atom is 0.224 e. The second-order valence-corrected chi connectivity index (χ2v) is 7.74. The van der Waals surface area contributed by atoms with Gasteiger partial charge in [-0.2, -0.15) is 0 Å². The lowest BCUT2D eigenvalue weighted by Gasteiger charge is -2.04. The molecule has 4 heteroatoms. The molecule has 1 amide bonds. The van der Waals surface area contributed by atoms with Crippen molar-refractivity contribution in [2.75, 3.05) is 0 Å². The largest absolute Gasteiger partial charge is 0.351 e. The third-order valence-corrected chi connectivity index (χ3v) is 6.04. The van der Waals surface area contributed by atoms with Crippen molar-refractivity contribution in [1.29, 1.82) is 0 Å². The molecule has 1 saturated carbocycles. The summed E-state index contributed by atoms with van der Waals surface area (Å²) >= 11 is 5.08. The van der Waals surface area contributed by atoms with E-state index in [0.29, 0.717) is 6.54 Å². The van der Waals surface area contributed by atoms with E-state index < -0.39 is 0 Å². The predicted molar refractivity (Wildman–Crippen MR) is 74.9 cm³/mol. The zero-order valence-corrected chi connectivity index (χ0v) is 13.0. The molecular weight excluding hydrogens is 298 g/mol. The summed E-state index contributed by atoms with van der Waals surface area (Å²) in [6.07, 6.45) is 0. The molecule has 0 bridgehead atoms. The fraction of sp³-hybridized carbons (Fsp3) is 0.615. The molecule has 0 saturated heterocycles. The Morgan fingerprint density at radius 2 is 2.00 bits per heavy atom. The molecule has 1 heterocycles. The number of hydrogen-bond acceptors (Lipinski definition) is 2. The molecule has 0 atom stereocenters. The number of thiophene rings is 1. The van der Waals surface area contributed by atoms with Gasteiger partial charge in [0.1, 0.15) is 0 Å². The topological polar surface area (TPSA) is 29.1 Å². The molecule has 1 N–H and O–H groups in total. The summed E-state index contributed by atoms with van der Waals surface area (Å²) in [7, 11) is 0. The Morgan fingerprint density at radius 1 is 1.41 bits per heavy atom. The molecular formula is C13H18BrNOS. The van der Waals surface area contributed by atoms with Crippen molar-refractivity contribution in [2.45, 2.75) is 34.2 Å². The number of carbonyl (C=O) groups is 1. The van der Waals surface area contributed by atoms with Gasteiger partial charge in [0.2, 0.25) is 5.91 Å². The van der Waals surface area contributed by atoms with Crippen LogP contribution in [0, 0.1) is 16.7 Å². The average molecular weight is 316 g/mol. The molecule has 2 nitrogen and oxygen atoms in total. The highest BCUT2D eigenvalue weighted by Crippen LogP contribution is 2.68. The minimum Gasteiger partial charge on any atom is -0.351 e. The normalized spacial score (nSPS) is 21.2. The summed E-state index contributed by atoms with van der Waals surface area (Å²) in [4.78, 5) is 13.3. The van der Waals surface area contributed by atoms with Gasteiger partial charge in [-0.05, 0) is 32.8 Å². The van der Waals surface area contributed by atoms with E-state index in [0.717, 1.165) is 4.47 Å². The zero-order chi connectivity index (χ0) is 12.8. The van der Waals surface area contributed by atoms with E-state index >= 15 is 0 Å². The van der Waals surface area contributed by atoms with E-state index in [1.807, 2.05) is 11.4 Å². The Kier molecular flexibility index (Phi) is 3.15. The summed E-state index contributed by atoms with van der Waals surface area (Å²) < 4.78 is 1.08. The lowest BCUT2D eigenvalue weighted by atomic mass is 10.0. The second kappa shape index (κ2) is 4.09. The molecule has 0 aliphatic heterocycles. The second-order valence-electron chi connectivity index (χ2n) is 5.83. The maximum absolute atomic E-state index is 12.1. The molecule has 17 heavy (non-hydrogen) atoms. The van der Waals surface area contributed by atoms with Crippen molar-refractivity contribution in [3.8, 4) is 0 Å². The molecule has 1 fully saturated rings. The Morgan fingerprint density at radius 3 is 2.41 bits per heavy atom. The molecule has 1 aromatic heterocycles. The van der Waals surface area contributed by atoms with Crippen molar-refractivity contribution in [3.05, 3.63) is 20.8 Å². The van der Waals surface area contributed by atoms with Crippen LogP contribution in [-0.4, -0.2) is 5.91 Å². The van der Waals surface area contributed by atoms with Crippen molar-refractivity contribution < 1.29 is 4.79 Å². The SMILES string of the molecule is CC1(C)C(C(=O)NCc2cc(Br)cs2)C1(C)C. The standard InChI is InChI=1S/C13H18BrNOS/c1-12(2)10(13(12,3)4)11(16)15-6-9-5-8(14)7-17-9/h5,7,10H,6H2,1-4H3,(H,15,16). The van der Waals surface area contributed by atoms with E-state index in [-0.39, 0.29) is 22.7 Å². The van der Waals surface area contributed by atoms with E-state index in [9.17, 15) is 4.79 Å². The number of hydrogen-bond donors (Lipinski definition) is 1. The van der Waals surface area contributed by atoms with Crippen LogP contribution in [0.25, 0.3) is 0 Å². The molecule has 2 rings (SSSR count). The van der Waals surface area contributed by atoms with Crippen LogP contribution < -0.4 is 5.32 Å². The summed E-state index contributed by atoms with van der Waals surface area (Å²) in [6, 6.07) is 2.05. The third kappa shape index (κ3) is 2.17. The molecule has 0 radical (unpaired) electrons. The highest BCUT2D eigenvalue weighted by atomic mass is 79.9. The highest BCUT2D eigenvalue weighted by molar-refractivity contribution is 9.10. The number of nitrogens with one attached hydrogen (secondary N) is 1. The first-order chi connectivity index (χ1) is 7.76.